The number of aromatic nitrogens is 2. The number of furan rings is 1. The first-order chi connectivity index (χ1) is 18.5. The average molecular weight is 528 g/mol. The van der Waals surface area contributed by atoms with Gasteiger partial charge in [0.15, 0.2) is 0 Å². The minimum atomic E-state index is -3.64. The summed E-state index contributed by atoms with van der Waals surface area (Å²) in [6, 6.07) is 21.4. The third kappa shape index (κ3) is 5.29. The van der Waals surface area contributed by atoms with Crippen LogP contribution >= 0.6 is 0 Å². The molecule has 0 radical (unpaired) electrons. The molecular formula is C28H25N5O4S. The molecule has 1 fully saturated rings. The van der Waals surface area contributed by atoms with Gasteiger partial charge in [-0.1, -0.05) is 30.3 Å². The molecule has 0 unspecified atom stereocenters. The molecule has 2 aromatic carbocycles. The molecule has 1 N–H and O–H groups in total. The summed E-state index contributed by atoms with van der Waals surface area (Å²) >= 11 is 0. The number of nitrogens with zero attached hydrogens (tertiary/aromatic N) is 4. The smallest absolute Gasteiger partial charge is 0.262 e. The maximum Gasteiger partial charge on any atom is 0.262 e. The van der Waals surface area contributed by atoms with E-state index < -0.39 is 15.9 Å². The number of nitriles is 1. The van der Waals surface area contributed by atoms with Crippen LogP contribution in [0, 0.1) is 11.3 Å². The third-order valence-corrected chi connectivity index (χ3v) is 8.14. The number of hydrogen-bond acceptors (Lipinski definition) is 6. The number of carbonyl (C=O) groups excluding carboxylic acids is 1. The number of para-hydroxylation sites is 1. The van der Waals surface area contributed by atoms with Crippen molar-refractivity contribution in [1.29, 1.82) is 5.26 Å². The highest BCUT2D eigenvalue weighted by Crippen LogP contribution is 2.29. The molecule has 1 saturated heterocycles. The van der Waals surface area contributed by atoms with E-state index in [1.165, 1.54) is 16.6 Å². The number of rotatable bonds is 8. The van der Waals surface area contributed by atoms with Crippen molar-refractivity contribution in [3.05, 3.63) is 96.1 Å². The Morgan fingerprint density at radius 2 is 1.87 bits per heavy atom. The van der Waals surface area contributed by atoms with E-state index in [0.717, 1.165) is 18.5 Å². The van der Waals surface area contributed by atoms with Gasteiger partial charge < -0.3 is 9.73 Å². The monoisotopic (exact) mass is 527 g/mol. The normalized spacial score (nSPS) is 14.3. The Hall–Kier alpha value is -4.46. The lowest BCUT2D eigenvalue weighted by molar-refractivity contribution is -0.117. The summed E-state index contributed by atoms with van der Waals surface area (Å²) < 4.78 is 34.8. The molecule has 0 atom stereocenters. The van der Waals surface area contributed by atoms with Gasteiger partial charge in [-0.2, -0.15) is 14.7 Å². The zero-order valence-corrected chi connectivity index (χ0v) is 21.3. The second kappa shape index (κ2) is 10.9. The largest absolute Gasteiger partial charge is 0.467 e. The summed E-state index contributed by atoms with van der Waals surface area (Å²) in [6.45, 7) is 1.14. The predicted molar refractivity (Wildman–Crippen MR) is 141 cm³/mol. The van der Waals surface area contributed by atoms with Gasteiger partial charge in [-0.25, -0.2) is 13.1 Å². The zero-order valence-electron chi connectivity index (χ0n) is 20.4. The number of nitrogens with one attached hydrogen (secondary N) is 1. The Balaban J connectivity index is 1.54. The number of benzene rings is 2. The van der Waals surface area contributed by atoms with E-state index in [-0.39, 0.29) is 17.0 Å². The summed E-state index contributed by atoms with van der Waals surface area (Å²) in [6.07, 6.45) is 6.36. The Morgan fingerprint density at radius 1 is 1.08 bits per heavy atom. The van der Waals surface area contributed by atoms with Gasteiger partial charge in [0.25, 0.3) is 5.91 Å². The van der Waals surface area contributed by atoms with Crippen LogP contribution in [0.15, 0.2) is 94.1 Å². The van der Waals surface area contributed by atoms with E-state index in [4.69, 9.17) is 9.52 Å². The minimum absolute atomic E-state index is 0.119. The van der Waals surface area contributed by atoms with Gasteiger partial charge in [0, 0.05) is 30.4 Å². The molecule has 192 valence electrons. The van der Waals surface area contributed by atoms with E-state index in [0.29, 0.717) is 35.7 Å². The van der Waals surface area contributed by atoms with Crippen LogP contribution < -0.4 is 5.32 Å². The molecule has 38 heavy (non-hydrogen) atoms. The molecule has 3 heterocycles. The van der Waals surface area contributed by atoms with Crippen molar-refractivity contribution in [2.24, 2.45) is 0 Å². The van der Waals surface area contributed by atoms with Gasteiger partial charge in [-0.3, -0.25) is 4.79 Å². The van der Waals surface area contributed by atoms with E-state index in [2.05, 4.69) is 5.32 Å². The molecule has 10 heteroatoms. The van der Waals surface area contributed by atoms with Gasteiger partial charge in [-0.15, -0.1) is 0 Å². The fourth-order valence-electron chi connectivity index (χ4n) is 4.29. The summed E-state index contributed by atoms with van der Waals surface area (Å²) in [5.41, 5.74) is 2.15. The molecule has 1 aliphatic heterocycles. The number of amides is 1. The van der Waals surface area contributed by atoms with Gasteiger partial charge in [-0.05, 0) is 55.3 Å². The standard InChI is InChI=1S/C28H25N5O4S/c29-18-22(28(34)30-19-25-11-7-15-37-25)16-23-20-33(24-9-2-1-3-10-24)31-27(23)21-8-6-12-26(17-21)38(35,36)32-13-4-5-14-32/h1-3,6-12,15-17,20H,4-5,13-14,19H2,(H,30,34)/b22-16-. The molecular weight excluding hydrogens is 502 g/mol. The third-order valence-electron chi connectivity index (χ3n) is 6.24. The quantitative estimate of drug-likeness (QED) is 0.272. The van der Waals surface area contributed by atoms with E-state index >= 15 is 0 Å². The van der Waals surface area contributed by atoms with Crippen LogP contribution in [0.2, 0.25) is 0 Å². The highest BCUT2D eigenvalue weighted by molar-refractivity contribution is 7.89. The average Bonchev–Trinajstić information content (AvgIpc) is 3.73. The molecule has 5 rings (SSSR count). The van der Waals surface area contributed by atoms with Crippen molar-refractivity contribution in [3.8, 4) is 23.0 Å². The first kappa shape index (κ1) is 25.2. The lowest BCUT2D eigenvalue weighted by atomic mass is 10.1. The van der Waals surface area contributed by atoms with Crippen LogP contribution in [0.3, 0.4) is 0 Å². The maximum atomic E-state index is 13.2. The van der Waals surface area contributed by atoms with Gasteiger partial charge in [0.1, 0.15) is 23.1 Å². The van der Waals surface area contributed by atoms with Gasteiger partial charge >= 0.3 is 0 Å². The second-order valence-electron chi connectivity index (χ2n) is 8.78. The molecule has 2 aromatic heterocycles. The van der Waals surface area contributed by atoms with Crippen LogP contribution in [0.4, 0.5) is 0 Å². The minimum Gasteiger partial charge on any atom is -0.467 e. The second-order valence-corrected chi connectivity index (χ2v) is 10.7. The first-order valence-electron chi connectivity index (χ1n) is 12.1. The summed E-state index contributed by atoms with van der Waals surface area (Å²) in [5, 5.41) is 17.1. The molecule has 0 aliphatic carbocycles. The number of hydrogen-bond donors (Lipinski definition) is 1. The Bertz CT molecular complexity index is 1610. The molecule has 1 aliphatic rings. The van der Waals surface area contributed by atoms with E-state index in [9.17, 15) is 18.5 Å². The van der Waals surface area contributed by atoms with Gasteiger partial charge in [0.05, 0.1) is 23.4 Å². The van der Waals surface area contributed by atoms with E-state index in [1.807, 2.05) is 36.4 Å². The summed E-state index contributed by atoms with van der Waals surface area (Å²) in [5.74, 6) is -0.00285. The van der Waals surface area contributed by atoms with Gasteiger partial charge in [0.2, 0.25) is 10.0 Å². The van der Waals surface area contributed by atoms with Crippen molar-refractivity contribution >= 4 is 22.0 Å². The highest BCUT2D eigenvalue weighted by Gasteiger charge is 2.27. The molecule has 0 saturated carbocycles. The topological polar surface area (TPSA) is 121 Å². The lowest BCUT2D eigenvalue weighted by Gasteiger charge is -2.16. The Labute approximate surface area is 220 Å². The number of sulfonamides is 1. The molecule has 9 nitrogen and oxygen atoms in total. The molecule has 1 amide bonds. The Morgan fingerprint density at radius 3 is 2.58 bits per heavy atom. The fraction of sp³-hybridized carbons (Fsp3) is 0.179. The van der Waals surface area contributed by atoms with Crippen molar-refractivity contribution in [2.45, 2.75) is 24.3 Å². The van der Waals surface area contributed by atoms with Crippen LogP contribution in [0.5, 0.6) is 0 Å². The fourth-order valence-corrected chi connectivity index (χ4v) is 5.86. The number of carbonyl (C=O) groups is 1. The highest BCUT2D eigenvalue weighted by atomic mass is 32.2. The van der Waals surface area contributed by atoms with Crippen LogP contribution in [-0.4, -0.2) is 41.5 Å². The lowest BCUT2D eigenvalue weighted by Crippen LogP contribution is -2.27. The first-order valence-corrected chi connectivity index (χ1v) is 13.6. The molecule has 4 aromatic rings. The van der Waals surface area contributed by atoms with Crippen molar-refractivity contribution in [2.75, 3.05) is 13.1 Å². The van der Waals surface area contributed by atoms with Crippen LogP contribution in [0.25, 0.3) is 23.0 Å². The SMILES string of the molecule is N#C/C(=C/c1cn(-c2ccccc2)nc1-c1cccc(S(=O)(=O)N2CCCC2)c1)C(=O)NCc1ccco1. The van der Waals surface area contributed by atoms with E-state index in [1.54, 1.807) is 47.3 Å². The summed E-state index contributed by atoms with van der Waals surface area (Å²) in [4.78, 5) is 13.0. The molecule has 0 spiro atoms. The Kier molecular flexibility index (Phi) is 7.22. The van der Waals surface area contributed by atoms with Crippen molar-refractivity contribution < 1.29 is 17.6 Å². The van der Waals surface area contributed by atoms with Crippen LogP contribution in [0.1, 0.15) is 24.2 Å². The summed E-state index contributed by atoms with van der Waals surface area (Å²) in [7, 11) is -3.64. The van der Waals surface area contributed by atoms with Crippen molar-refractivity contribution in [1.82, 2.24) is 19.4 Å². The maximum absolute atomic E-state index is 13.2. The zero-order chi connectivity index (χ0) is 26.5. The molecule has 0 bridgehead atoms. The van der Waals surface area contributed by atoms with Crippen LogP contribution in [-0.2, 0) is 21.4 Å². The predicted octanol–water partition coefficient (Wildman–Crippen LogP) is 4.14. The van der Waals surface area contributed by atoms with Crippen molar-refractivity contribution in [3.63, 3.8) is 0 Å².